The van der Waals surface area contributed by atoms with Crippen LogP contribution in [0.5, 0.6) is 0 Å². The van der Waals surface area contributed by atoms with Crippen LogP contribution in [0.25, 0.3) is 0 Å². The van der Waals surface area contributed by atoms with E-state index in [1.54, 1.807) is 11.8 Å². The summed E-state index contributed by atoms with van der Waals surface area (Å²) < 4.78 is 0. The lowest BCUT2D eigenvalue weighted by molar-refractivity contribution is -0.385. The highest BCUT2D eigenvalue weighted by molar-refractivity contribution is 6.31. The monoisotopic (exact) mass is 353 g/mol. The second-order valence-electron chi connectivity index (χ2n) is 7.32. The zero-order valence-corrected chi connectivity index (χ0v) is 15.6. The number of carbonyl (C=O) groups is 1. The highest BCUT2D eigenvalue weighted by Crippen LogP contribution is 2.29. The lowest BCUT2D eigenvalue weighted by Crippen LogP contribution is -2.59. The van der Waals surface area contributed by atoms with Gasteiger partial charge in [0.25, 0.3) is 11.6 Å². The topological polar surface area (TPSA) is 66.7 Å². The molecule has 6 nitrogen and oxygen atoms in total. The minimum atomic E-state index is -0.502. The molecule has 1 heterocycles. The highest BCUT2D eigenvalue weighted by Gasteiger charge is 2.34. The number of amides is 1. The predicted molar refractivity (Wildman–Crippen MR) is 94.7 cm³/mol. The molecule has 1 amide bonds. The third kappa shape index (κ3) is 3.70. The Hall–Kier alpha value is -1.66. The smallest absolute Gasteiger partial charge is 0.274 e. The molecular formula is C17H24ClN3O3. The lowest BCUT2D eigenvalue weighted by Gasteiger charge is -2.46. The SMILES string of the molecule is Cc1c(C(=O)N2CCN(C(C)(C)C)[C@@H](C)C2)cc(Cl)cc1[N+](=O)[O-]. The van der Waals surface area contributed by atoms with Crippen molar-refractivity contribution in [3.63, 3.8) is 0 Å². The number of hydrogen-bond donors (Lipinski definition) is 0. The number of carbonyl (C=O) groups excluding carboxylic acids is 1. The van der Waals surface area contributed by atoms with Crippen molar-refractivity contribution < 1.29 is 9.72 Å². The van der Waals surface area contributed by atoms with Gasteiger partial charge in [-0.3, -0.25) is 19.8 Å². The molecule has 2 rings (SSSR count). The molecule has 0 radical (unpaired) electrons. The molecule has 0 N–H and O–H groups in total. The molecule has 1 aliphatic heterocycles. The summed E-state index contributed by atoms with van der Waals surface area (Å²) in [5, 5.41) is 11.4. The van der Waals surface area contributed by atoms with Gasteiger partial charge in [0.15, 0.2) is 0 Å². The van der Waals surface area contributed by atoms with E-state index in [9.17, 15) is 14.9 Å². The molecule has 1 saturated heterocycles. The van der Waals surface area contributed by atoms with E-state index < -0.39 is 4.92 Å². The van der Waals surface area contributed by atoms with Crippen LogP contribution in [0, 0.1) is 17.0 Å². The molecule has 1 aromatic carbocycles. The van der Waals surface area contributed by atoms with Crippen LogP contribution in [-0.2, 0) is 0 Å². The zero-order valence-electron chi connectivity index (χ0n) is 14.8. The molecule has 0 bridgehead atoms. The van der Waals surface area contributed by atoms with Gasteiger partial charge in [-0.15, -0.1) is 0 Å². The maximum Gasteiger partial charge on any atom is 0.274 e. The first-order valence-corrected chi connectivity index (χ1v) is 8.40. The number of rotatable bonds is 2. The minimum absolute atomic E-state index is 0.0410. The van der Waals surface area contributed by atoms with E-state index in [0.717, 1.165) is 6.54 Å². The second-order valence-corrected chi connectivity index (χ2v) is 7.76. The number of nitro groups is 1. The second kappa shape index (κ2) is 6.69. The largest absolute Gasteiger partial charge is 0.336 e. The van der Waals surface area contributed by atoms with Gasteiger partial charge in [-0.05, 0) is 40.7 Å². The summed E-state index contributed by atoms with van der Waals surface area (Å²) in [6.07, 6.45) is 0. The molecule has 0 aliphatic carbocycles. The Bertz CT molecular complexity index is 670. The predicted octanol–water partition coefficient (Wildman–Crippen LogP) is 3.50. The molecule has 0 spiro atoms. The summed E-state index contributed by atoms with van der Waals surface area (Å²) in [4.78, 5) is 27.6. The fourth-order valence-corrected chi connectivity index (χ4v) is 3.60. The van der Waals surface area contributed by atoms with Crippen molar-refractivity contribution in [1.82, 2.24) is 9.80 Å². The lowest BCUT2D eigenvalue weighted by atomic mass is 10.00. The Balaban J connectivity index is 2.27. The molecule has 132 valence electrons. The molecule has 0 aromatic heterocycles. The first-order valence-electron chi connectivity index (χ1n) is 8.03. The third-order valence-electron chi connectivity index (χ3n) is 4.55. The normalized spacial score (nSPS) is 19.4. The number of piperazine rings is 1. The Morgan fingerprint density at radius 2 is 1.96 bits per heavy atom. The maximum atomic E-state index is 12.9. The van der Waals surface area contributed by atoms with Gasteiger partial charge in [-0.25, -0.2) is 0 Å². The molecule has 1 fully saturated rings. The average molecular weight is 354 g/mol. The fraction of sp³-hybridized carbons (Fsp3) is 0.588. The van der Waals surface area contributed by atoms with E-state index in [2.05, 4.69) is 32.6 Å². The van der Waals surface area contributed by atoms with Crippen molar-refractivity contribution in [3.8, 4) is 0 Å². The minimum Gasteiger partial charge on any atom is -0.336 e. The molecule has 0 saturated carbocycles. The van der Waals surface area contributed by atoms with Crippen molar-refractivity contribution >= 4 is 23.2 Å². The molecule has 1 aliphatic rings. The Morgan fingerprint density at radius 1 is 1.33 bits per heavy atom. The van der Waals surface area contributed by atoms with Crippen LogP contribution in [0.3, 0.4) is 0 Å². The van der Waals surface area contributed by atoms with E-state index in [1.807, 2.05) is 0 Å². The quantitative estimate of drug-likeness (QED) is 0.602. The third-order valence-corrected chi connectivity index (χ3v) is 4.77. The van der Waals surface area contributed by atoms with Gasteiger partial charge in [0.05, 0.1) is 10.5 Å². The van der Waals surface area contributed by atoms with E-state index in [-0.39, 0.29) is 28.2 Å². The number of hydrogen-bond acceptors (Lipinski definition) is 4. The van der Waals surface area contributed by atoms with Gasteiger partial charge in [-0.1, -0.05) is 11.6 Å². The van der Waals surface area contributed by atoms with Crippen molar-refractivity contribution in [2.45, 2.75) is 46.2 Å². The average Bonchev–Trinajstić information content (AvgIpc) is 2.46. The summed E-state index contributed by atoms with van der Waals surface area (Å²) in [6.45, 7) is 12.1. The fourth-order valence-electron chi connectivity index (χ4n) is 3.39. The molecule has 7 heteroatoms. The molecular weight excluding hydrogens is 330 g/mol. The van der Waals surface area contributed by atoms with Crippen LogP contribution in [0.4, 0.5) is 5.69 Å². The summed E-state index contributed by atoms with van der Waals surface area (Å²) in [7, 11) is 0. The number of halogens is 1. The van der Waals surface area contributed by atoms with E-state index >= 15 is 0 Å². The van der Waals surface area contributed by atoms with Gasteiger partial charge in [0, 0.05) is 47.9 Å². The zero-order chi connectivity index (χ0) is 18.2. The van der Waals surface area contributed by atoms with Crippen LogP contribution in [-0.4, -0.2) is 51.8 Å². The van der Waals surface area contributed by atoms with Crippen LogP contribution < -0.4 is 0 Å². The van der Waals surface area contributed by atoms with Gasteiger partial charge >= 0.3 is 0 Å². The summed E-state index contributed by atoms with van der Waals surface area (Å²) in [5.41, 5.74) is 0.595. The van der Waals surface area contributed by atoms with Gasteiger partial charge in [-0.2, -0.15) is 0 Å². The Labute approximate surface area is 147 Å². The van der Waals surface area contributed by atoms with Crippen LogP contribution >= 0.6 is 11.6 Å². The highest BCUT2D eigenvalue weighted by atomic mass is 35.5. The van der Waals surface area contributed by atoms with Crippen LogP contribution in [0.2, 0.25) is 5.02 Å². The van der Waals surface area contributed by atoms with E-state index in [4.69, 9.17) is 11.6 Å². The Kier molecular flexibility index (Phi) is 5.20. The Morgan fingerprint density at radius 3 is 2.46 bits per heavy atom. The van der Waals surface area contributed by atoms with Gasteiger partial charge in [0.2, 0.25) is 0 Å². The van der Waals surface area contributed by atoms with E-state index in [1.165, 1.54) is 12.1 Å². The molecule has 0 unspecified atom stereocenters. The van der Waals surface area contributed by atoms with Crippen molar-refractivity contribution in [2.75, 3.05) is 19.6 Å². The first-order chi connectivity index (χ1) is 11.0. The molecule has 1 aromatic rings. The standard InChI is InChI=1S/C17H24ClN3O3/c1-11-10-19(6-7-20(11)17(3,4)5)16(22)14-8-13(18)9-15(12(14)2)21(23)24/h8-9,11H,6-7,10H2,1-5H3/t11-/m0/s1. The summed E-state index contributed by atoms with van der Waals surface area (Å²) in [6, 6.07) is 3.03. The van der Waals surface area contributed by atoms with Crippen LogP contribution in [0.15, 0.2) is 12.1 Å². The summed E-state index contributed by atoms with van der Waals surface area (Å²) >= 11 is 5.98. The maximum absolute atomic E-state index is 12.9. The van der Waals surface area contributed by atoms with Crippen molar-refractivity contribution in [2.24, 2.45) is 0 Å². The van der Waals surface area contributed by atoms with Gasteiger partial charge < -0.3 is 4.90 Å². The van der Waals surface area contributed by atoms with Crippen molar-refractivity contribution in [3.05, 3.63) is 38.4 Å². The van der Waals surface area contributed by atoms with E-state index in [0.29, 0.717) is 24.2 Å². The number of nitrogens with zero attached hydrogens (tertiary/aromatic N) is 3. The van der Waals surface area contributed by atoms with Crippen molar-refractivity contribution in [1.29, 1.82) is 0 Å². The number of nitro benzene ring substituents is 1. The van der Waals surface area contributed by atoms with Gasteiger partial charge in [0.1, 0.15) is 0 Å². The summed E-state index contributed by atoms with van der Waals surface area (Å²) in [5.74, 6) is -0.196. The van der Waals surface area contributed by atoms with Crippen LogP contribution in [0.1, 0.15) is 43.6 Å². The molecule has 1 atom stereocenters. The number of benzene rings is 1. The first kappa shape index (κ1) is 18.7. The molecule has 24 heavy (non-hydrogen) atoms.